The Morgan fingerprint density at radius 3 is 2.49 bits per heavy atom. The maximum absolute atomic E-state index is 13.3. The van der Waals surface area contributed by atoms with Crippen LogP contribution in [0.5, 0.6) is 11.6 Å². The van der Waals surface area contributed by atoms with E-state index in [0.29, 0.717) is 31.3 Å². The van der Waals surface area contributed by atoms with Gasteiger partial charge in [0.2, 0.25) is 11.8 Å². The van der Waals surface area contributed by atoms with Crippen LogP contribution in [-0.2, 0) is 17.9 Å². The average molecular weight is 478 g/mol. The second-order valence-electron chi connectivity index (χ2n) is 8.45. The third-order valence-corrected chi connectivity index (χ3v) is 5.85. The number of rotatable bonds is 8. The summed E-state index contributed by atoms with van der Waals surface area (Å²) in [5, 5.41) is 5.63. The average Bonchev–Trinajstić information content (AvgIpc) is 2.87. The predicted molar refractivity (Wildman–Crippen MR) is 130 cm³/mol. The molecule has 1 aliphatic rings. The minimum Gasteiger partial charge on any atom is -0.439 e. The fourth-order valence-corrected chi connectivity index (χ4v) is 3.92. The quantitative estimate of drug-likeness (QED) is 0.458. The lowest BCUT2D eigenvalue weighted by molar-refractivity contribution is -0.122. The van der Waals surface area contributed by atoms with Crippen molar-refractivity contribution in [1.29, 1.82) is 0 Å². The zero-order valence-electron chi connectivity index (χ0n) is 19.2. The Morgan fingerprint density at radius 1 is 1.06 bits per heavy atom. The van der Waals surface area contributed by atoms with Gasteiger partial charge < -0.3 is 26.0 Å². The summed E-state index contributed by atoms with van der Waals surface area (Å²) in [6.45, 7) is 2.22. The molecule has 182 valence electrons. The van der Waals surface area contributed by atoms with Crippen LogP contribution >= 0.6 is 0 Å². The lowest BCUT2D eigenvalue weighted by atomic mass is 9.97. The van der Waals surface area contributed by atoms with Crippen LogP contribution in [0.25, 0.3) is 0 Å². The first kappa shape index (κ1) is 24.0. The van der Waals surface area contributed by atoms with Crippen LogP contribution in [0.1, 0.15) is 24.0 Å². The number of piperidine rings is 1. The largest absolute Gasteiger partial charge is 0.439 e. The molecule has 0 radical (unpaired) electrons. The second kappa shape index (κ2) is 11.3. The van der Waals surface area contributed by atoms with Gasteiger partial charge in [0.1, 0.15) is 11.6 Å². The summed E-state index contributed by atoms with van der Waals surface area (Å²) in [4.78, 5) is 30.1. The molecule has 9 heteroatoms. The molecule has 1 unspecified atom stereocenters. The number of pyridine rings is 1. The molecule has 1 atom stereocenters. The van der Waals surface area contributed by atoms with Crippen molar-refractivity contribution >= 4 is 17.6 Å². The smallest absolute Gasteiger partial charge is 0.315 e. The highest BCUT2D eigenvalue weighted by Crippen LogP contribution is 2.23. The molecule has 0 spiro atoms. The topological polar surface area (TPSA) is 110 Å². The Balaban J connectivity index is 1.20. The third-order valence-electron chi connectivity index (χ3n) is 5.85. The summed E-state index contributed by atoms with van der Waals surface area (Å²) < 4.78 is 18.8. The fraction of sp³-hybridized carbons (Fsp3) is 0.269. The molecule has 2 aromatic carbocycles. The van der Waals surface area contributed by atoms with Crippen LogP contribution < -0.4 is 26.0 Å². The Labute approximate surface area is 203 Å². The molecule has 4 N–H and O–H groups in total. The van der Waals surface area contributed by atoms with Crippen molar-refractivity contribution in [2.75, 3.05) is 18.0 Å². The third kappa shape index (κ3) is 6.92. The first-order chi connectivity index (χ1) is 17.0. The van der Waals surface area contributed by atoms with Gasteiger partial charge in [-0.3, -0.25) is 4.79 Å². The van der Waals surface area contributed by atoms with Gasteiger partial charge in [-0.1, -0.05) is 24.3 Å². The number of nitrogens with one attached hydrogen (secondary N) is 2. The zero-order valence-corrected chi connectivity index (χ0v) is 19.2. The number of benzene rings is 2. The number of urea groups is 1. The van der Waals surface area contributed by atoms with E-state index in [2.05, 4.69) is 20.5 Å². The van der Waals surface area contributed by atoms with Crippen LogP contribution in [0.2, 0.25) is 0 Å². The standard InChI is InChI=1S/C26H28FN5O3/c27-21-4-1-5-23(13-21)35-24-11-8-19(15-29-24)16-31-26(34)30-14-18-6-9-22(10-7-18)32-12-2-3-20(17-32)25(28)33/h1,4-11,13,15,20H,2-3,12,14,16-17H2,(H2,28,33)(H2,30,31,34). The van der Waals surface area contributed by atoms with Crippen LogP contribution in [0.4, 0.5) is 14.9 Å². The number of anilines is 1. The van der Waals surface area contributed by atoms with Crippen LogP contribution in [0.15, 0.2) is 66.9 Å². The number of primary amides is 1. The van der Waals surface area contributed by atoms with E-state index in [1.54, 1.807) is 30.5 Å². The number of nitrogens with zero attached hydrogens (tertiary/aromatic N) is 2. The van der Waals surface area contributed by atoms with Gasteiger partial charge in [0.05, 0.1) is 5.92 Å². The van der Waals surface area contributed by atoms with Gasteiger partial charge in [-0.2, -0.15) is 0 Å². The molecule has 8 nitrogen and oxygen atoms in total. The highest BCUT2D eigenvalue weighted by Gasteiger charge is 2.24. The lowest BCUT2D eigenvalue weighted by Crippen LogP contribution is -2.41. The summed E-state index contributed by atoms with van der Waals surface area (Å²) in [5.74, 6) is -0.0410. The molecule has 0 bridgehead atoms. The lowest BCUT2D eigenvalue weighted by Gasteiger charge is -2.33. The SMILES string of the molecule is NC(=O)C1CCCN(c2ccc(CNC(=O)NCc3ccc(Oc4cccc(F)c4)nc3)cc2)C1. The van der Waals surface area contributed by atoms with Crippen molar-refractivity contribution in [3.63, 3.8) is 0 Å². The van der Waals surface area contributed by atoms with E-state index in [9.17, 15) is 14.0 Å². The van der Waals surface area contributed by atoms with Crippen molar-refractivity contribution in [1.82, 2.24) is 15.6 Å². The highest BCUT2D eigenvalue weighted by atomic mass is 19.1. The van der Waals surface area contributed by atoms with Gasteiger partial charge >= 0.3 is 6.03 Å². The number of hydrogen-bond donors (Lipinski definition) is 3. The molecule has 2 heterocycles. The van der Waals surface area contributed by atoms with Gasteiger partial charge in [0.15, 0.2) is 0 Å². The normalized spacial score (nSPS) is 15.3. The summed E-state index contributed by atoms with van der Waals surface area (Å²) in [6.07, 6.45) is 3.37. The number of carbonyl (C=O) groups is 2. The van der Waals surface area contributed by atoms with Gasteiger partial charge in [-0.25, -0.2) is 14.2 Å². The molecule has 3 aromatic rings. The van der Waals surface area contributed by atoms with E-state index in [1.165, 1.54) is 12.1 Å². The fourth-order valence-electron chi connectivity index (χ4n) is 3.92. The monoisotopic (exact) mass is 477 g/mol. The van der Waals surface area contributed by atoms with Gasteiger partial charge in [-0.05, 0) is 48.2 Å². The van der Waals surface area contributed by atoms with Crippen LogP contribution in [-0.4, -0.2) is 30.0 Å². The molecule has 0 aliphatic carbocycles. The number of aromatic nitrogens is 1. The van der Waals surface area contributed by atoms with Crippen molar-refractivity contribution in [3.05, 3.63) is 83.8 Å². The summed E-state index contributed by atoms with van der Waals surface area (Å²) in [7, 11) is 0. The van der Waals surface area contributed by atoms with E-state index in [0.717, 1.165) is 36.2 Å². The molecule has 0 saturated carbocycles. The predicted octanol–water partition coefficient (Wildman–Crippen LogP) is 3.71. The van der Waals surface area contributed by atoms with E-state index < -0.39 is 0 Å². The summed E-state index contributed by atoms with van der Waals surface area (Å²) in [5.41, 5.74) is 8.28. The Bertz CT molecular complexity index is 1150. The van der Waals surface area contributed by atoms with Crippen molar-refractivity contribution in [2.45, 2.75) is 25.9 Å². The number of amides is 3. The number of carbonyl (C=O) groups excluding carboxylic acids is 2. The van der Waals surface area contributed by atoms with Crippen molar-refractivity contribution in [3.8, 4) is 11.6 Å². The number of nitrogens with two attached hydrogens (primary N) is 1. The van der Waals surface area contributed by atoms with E-state index in [1.807, 2.05) is 24.3 Å². The molecule has 3 amide bonds. The van der Waals surface area contributed by atoms with Gasteiger partial charge in [-0.15, -0.1) is 0 Å². The number of hydrogen-bond acceptors (Lipinski definition) is 5. The van der Waals surface area contributed by atoms with Crippen molar-refractivity contribution < 1.29 is 18.7 Å². The first-order valence-electron chi connectivity index (χ1n) is 11.5. The van der Waals surface area contributed by atoms with E-state index in [-0.39, 0.29) is 23.7 Å². The Hall–Kier alpha value is -4.14. The number of halogens is 1. The molecular formula is C26H28FN5O3. The van der Waals surface area contributed by atoms with E-state index in [4.69, 9.17) is 10.5 Å². The van der Waals surface area contributed by atoms with E-state index >= 15 is 0 Å². The summed E-state index contributed by atoms with van der Waals surface area (Å²) >= 11 is 0. The maximum atomic E-state index is 13.3. The first-order valence-corrected chi connectivity index (χ1v) is 11.5. The van der Waals surface area contributed by atoms with Crippen LogP contribution in [0.3, 0.4) is 0 Å². The van der Waals surface area contributed by atoms with Gasteiger partial charge in [0, 0.05) is 50.2 Å². The van der Waals surface area contributed by atoms with Crippen molar-refractivity contribution in [2.24, 2.45) is 11.7 Å². The summed E-state index contributed by atoms with van der Waals surface area (Å²) in [6, 6.07) is 16.9. The Morgan fingerprint density at radius 2 is 1.80 bits per heavy atom. The van der Waals surface area contributed by atoms with Gasteiger partial charge in [0.25, 0.3) is 0 Å². The minimum absolute atomic E-state index is 0.110. The maximum Gasteiger partial charge on any atom is 0.315 e. The zero-order chi connectivity index (χ0) is 24.6. The minimum atomic E-state index is -0.384. The molecule has 4 rings (SSSR count). The molecule has 1 fully saturated rings. The molecule has 1 aliphatic heterocycles. The van der Waals surface area contributed by atoms with Crippen LogP contribution in [0, 0.1) is 11.7 Å². The Kier molecular flexibility index (Phi) is 7.77. The second-order valence-corrected chi connectivity index (χ2v) is 8.45. The molecular weight excluding hydrogens is 449 g/mol. The number of ether oxygens (including phenoxy) is 1. The molecule has 1 saturated heterocycles. The molecule has 35 heavy (non-hydrogen) atoms. The highest BCUT2D eigenvalue weighted by molar-refractivity contribution is 5.77. The molecule has 1 aromatic heterocycles.